The largest absolute Gasteiger partial charge is 0.384 e. The highest BCUT2D eigenvalue weighted by atomic mass is 19.2. The van der Waals surface area contributed by atoms with Gasteiger partial charge in [0.2, 0.25) is 5.91 Å². The lowest BCUT2D eigenvalue weighted by molar-refractivity contribution is -0.130. The molecule has 0 atom stereocenters. The minimum atomic E-state index is -0.978. The molecule has 1 fully saturated rings. The number of rotatable bonds is 4. The van der Waals surface area contributed by atoms with Crippen molar-refractivity contribution in [1.29, 1.82) is 0 Å². The van der Waals surface area contributed by atoms with Gasteiger partial charge >= 0.3 is 0 Å². The van der Waals surface area contributed by atoms with Crippen molar-refractivity contribution >= 4 is 11.6 Å². The summed E-state index contributed by atoms with van der Waals surface area (Å²) in [6.45, 7) is 1.77. The predicted octanol–water partition coefficient (Wildman–Crippen LogP) is 1.92. The van der Waals surface area contributed by atoms with Crippen LogP contribution in [0.1, 0.15) is 12.8 Å². The van der Waals surface area contributed by atoms with Crippen molar-refractivity contribution in [2.75, 3.05) is 32.1 Å². The monoisotopic (exact) mass is 284 g/mol. The molecule has 0 spiro atoms. The first kappa shape index (κ1) is 14.9. The van der Waals surface area contributed by atoms with Gasteiger partial charge in [0.15, 0.2) is 11.6 Å². The van der Waals surface area contributed by atoms with Gasteiger partial charge < -0.3 is 15.4 Å². The molecule has 1 aromatic rings. The molecule has 1 amide bonds. The highest BCUT2D eigenvalue weighted by molar-refractivity contribution is 5.95. The Morgan fingerprint density at radius 1 is 1.35 bits per heavy atom. The number of hydrogen-bond donors (Lipinski definition) is 2. The first-order valence-corrected chi connectivity index (χ1v) is 6.53. The summed E-state index contributed by atoms with van der Waals surface area (Å²) in [4.78, 5) is 12.4. The fourth-order valence-corrected chi connectivity index (χ4v) is 2.46. The molecule has 0 aromatic heterocycles. The molecule has 1 aliphatic rings. The van der Waals surface area contributed by atoms with Crippen LogP contribution in [0.15, 0.2) is 18.2 Å². The van der Waals surface area contributed by atoms with E-state index in [1.165, 1.54) is 6.07 Å². The van der Waals surface area contributed by atoms with Gasteiger partial charge in [-0.1, -0.05) is 0 Å². The van der Waals surface area contributed by atoms with Gasteiger partial charge in [0.1, 0.15) is 0 Å². The molecule has 0 radical (unpaired) electrons. The topological polar surface area (TPSA) is 50.4 Å². The fourth-order valence-electron chi connectivity index (χ4n) is 2.46. The van der Waals surface area contributed by atoms with Gasteiger partial charge in [0.05, 0.1) is 12.0 Å². The predicted molar refractivity (Wildman–Crippen MR) is 71.4 cm³/mol. The van der Waals surface area contributed by atoms with E-state index in [2.05, 4.69) is 10.6 Å². The second kappa shape index (κ2) is 6.28. The molecule has 110 valence electrons. The Bertz CT molecular complexity index is 483. The summed E-state index contributed by atoms with van der Waals surface area (Å²) in [5.74, 6) is -2.13. The molecular formula is C14H18F2N2O2. The van der Waals surface area contributed by atoms with Crippen molar-refractivity contribution in [1.82, 2.24) is 5.32 Å². The lowest BCUT2D eigenvalue weighted by Gasteiger charge is -2.35. The zero-order valence-electron chi connectivity index (χ0n) is 11.3. The van der Waals surface area contributed by atoms with Crippen LogP contribution in [-0.2, 0) is 9.53 Å². The summed E-state index contributed by atoms with van der Waals surface area (Å²) in [6.07, 6.45) is 1.30. The van der Waals surface area contributed by atoms with Crippen LogP contribution in [0.5, 0.6) is 0 Å². The molecule has 2 rings (SSSR count). The average molecular weight is 284 g/mol. The van der Waals surface area contributed by atoms with E-state index in [1.54, 1.807) is 7.11 Å². The smallest absolute Gasteiger partial charge is 0.233 e. The molecular weight excluding hydrogens is 266 g/mol. The number of halogens is 2. The van der Waals surface area contributed by atoms with Crippen LogP contribution in [0.3, 0.4) is 0 Å². The van der Waals surface area contributed by atoms with E-state index in [0.29, 0.717) is 19.4 Å². The van der Waals surface area contributed by atoms with E-state index >= 15 is 0 Å². The van der Waals surface area contributed by atoms with E-state index < -0.39 is 17.0 Å². The molecule has 2 N–H and O–H groups in total. The highest BCUT2D eigenvalue weighted by Gasteiger charge is 2.39. The number of carbonyl (C=O) groups is 1. The number of anilines is 1. The van der Waals surface area contributed by atoms with Crippen LogP contribution in [0.25, 0.3) is 0 Å². The Morgan fingerprint density at radius 3 is 2.65 bits per heavy atom. The molecule has 1 aliphatic heterocycles. The van der Waals surface area contributed by atoms with Crippen LogP contribution in [0.4, 0.5) is 14.5 Å². The van der Waals surface area contributed by atoms with Crippen LogP contribution >= 0.6 is 0 Å². The molecule has 0 unspecified atom stereocenters. The van der Waals surface area contributed by atoms with Crippen molar-refractivity contribution in [3.05, 3.63) is 29.8 Å². The van der Waals surface area contributed by atoms with Crippen LogP contribution < -0.4 is 10.6 Å². The molecule has 1 aromatic carbocycles. The molecule has 0 bridgehead atoms. The number of amides is 1. The SMILES string of the molecule is COCC1(C(=O)Nc2ccc(F)c(F)c2)CCNCC1. The quantitative estimate of drug-likeness (QED) is 0.888. The maximum atomic E-state index is 13.2. The van der Waals surface area contributed by atoms with Gasteiger partial charge in [-0.3, -0.25) is 4.79 Å². The highest BCUT2D eigenvalue weighted by Crippen LogP contribution is 2.31. The van der Waals surface area contributed by atoms with Crippen LogP contribution in [-0.4, -0.2) is 32.7 Å². The van der Waals surface area contributed by atoms with Crippen molar-refractivity contribution in [3.8, 4) is 0 Å². The third-order valence-corrected chi connectivity index (χ3v) is 3.64. The molecule has 4 nitrogen and oxygen atoms in total. The van der Waals surface area contributed by atoms with Crippen molar-refractivity contribution < 1.29 is 18.3 Å². The van der Waals surface area contributed by atoms with Gasteiger partial charge in [-0.15, -0.1) is 0 Å². The third-order valence-electron chi connectivity index (χ3n) is 3.64. The van der Waals surface area contributed by atoms with Crippen molar-refractivity contribution in [2.24, 2.45) is 5.41 Å². The standard InChI is InChI=1S/C14H18F2N2O2/c1-20-9-14(4-6-17-7-5-14)13(19)18-10-2-3-11(15)12(16)8-10/h2-3,8,17H,4-7,9H2,1H3,(H,18,19). The number of nitrogens with one attached hydrogen (secondary N) is 2. The normalized spacial score (nSPS) is 17.8. The first-order chi connectivity index (χ1) is 9.57. The lowest BCUT2D eigenvalue weighted by Crippen LogP contribution is -2.47. The van der Waals surface area contributed by atoms with Crippen molar-refractivity contribution in [3.63, 3.8) is 0 Å². The summed E-state index contributed by atoms with van der Waals surface area (Å²) in [6, 6.07) is 3.32. The van der Waals surface area contributed by atoms with Gasteiger partial charge in [-0.05, 0) is 38.1 Å². The number of ether oxygens (including phenoxy) is 1. The molecule has 1 heterocycles. The Kier molecular flexibility index (Phi) is 4.67. The van der Waals surface area contributed by atoms with E-state index in [-0.39, 0.29) is 11.6 Å². The number of carbonyl (C=O) groups excluding carboxylic acids is 1. The summed E-state index contributed by atoms with van der Waals surface area (Å²) in [5, 5.41) is 5.84. The number of hydrogen-bond acceptors (Lipinski definition) is 3. The van der Waals surface area contributed by atoms with E-state index in [0.717, 1.165) is 25.2 Å². The molecule has 0 saturated carbocycles. The number of benzene rings is 1. The van der Waals surface area contributed by atoms with E-state index in [9.17, 15) is 13.6 Å². The number of methoxy groups -OCH3 is 1. The van der Waals surface area contributed by atoms with Gasteiger partial charge in [0.25, 0.3) is 0 Å². The lowest BCUT2D eigenvalue weighted by atomic mass is 9.78. The molecule has 0 aliphatic carbocycles. The summed E-state index contributed by atoms with van der Waals surface area (Å²) < 4.78 is 31.2. The summed E-state index contributed by atoms with van der Waals surface area (Å²) in [5.41, 5.74) is -0.367. The average Bonchev–Trinajstić information content (AvgIpc) is 2.44. The fraction of sp³-hybridized carbons (Fsp3) is 0.500. The zero-order valence-corrected chi connectivity index (χ0v) is 11.3. The van der Waals surface area contributed by atoms with Gasteiger partial charge in [-0.25, -0.2) is 8.78 Å². The third kappa shape index (κ3) is 3.13. The molecule has 6 heteroatoms. The van der Waals surface area contributed by atoms with Crippen molar-refractivity contribution in [2.45, 2.75) is 12.8 Å². The Labute approximate surface area is 116 Å². The van der Waals surface area contributed by atoms with Crippen LogP contribution in [0, 0.1) is 17.0 Å². The number of piperidine rings is 1. The summed E-state index contributed by atoms with van der Waals surface area (Å²) >= 11 is 0. The Hall–Kier alpha value is -1.53. The minimum absolute atomic E-state index is 0.216. The summed E-state index contributed by atoms with van der Waals surface area (Å²) in [7, 11) is 1.55. The van der Waals surface area contributed by atoms with Gasteiger partial charge in [-0.2, -0.15) is 0 Å². The Balaban J connectivity index is 2.13. The molecule has 20 heavy (non-hydrogen) atoms. The zero-order chi connectivity index (χ0) is 14.6. The van der Waals surface area contributed by atoms with Gasteiger partial charge in [0, 0.05) is 18.9 Å². The maximum absolute atomic E-state index is 13.2. The minimum Gasteiger partial charge on any atom is -0.384 e. The maximum Gasteiger partial charge on any atom is 0.233 e. The van der Waals surface area contributed by atoms with E-state index in [1.807, 2.05) is 0 Å². The van der Waals surface area contributed by atoms with E-state index in [4.69, 9.17) is 4.74 Å². The van der Waals surface area contributed by atoms with Crippen LogP contribution in [0.2, 0.25) is 0 Å². The second-order valence-corrected chi connectivity index (χ2v) is 5.05. The molecule has 1 saturated heterocycles. The Morgan fingerprint density at radius 2 is 2.05 bits per heavy atom. The second-order valence-electron chi connectivity index (χ2n) is 5.05. The first-order valence-electron chi connectivity index (χ1n) is 6.53.